The van der Waals surface area contributed by atoms with Crippen LogP contribution in [0.2, 0.25) is 0 Å². The van der Waals surface area contributed by atoms with Gasteiger partial charge < -0.3 is 47.6 Å². The van der Waals surface area contributed by atoms with Gasteiger partial charge >= 0.3 is 0 Å². The zero-order chi connectivity index (χ0) is 22.1. The summed E-state index contributed by atoms with van der Waals surface area (Å²) in [6.45, 7) is 0.700. The molecule has 0 rings (SSSR count). The van der Waals surface area contributed by atoms with Crippen LogP contribution >= 0.6 is 15.6 Å². The molecule has 0 saturated carbocycles. The Hall–Kier alpha value is -0.650. The van der Waals surface area contributed by atoms with E-state index in [4.69, 9.17) is 5.11 Å². The summed E-state index contributed by atoms with van der Waals surface area (Å²) in [5.41, 5.74) is 0. The van der Waals surface area contributed by atoms with E-state index in [2.05, 4.69) is 18.1 Å². The Balaban J connectivity index is 0. The lowest BCUT2D eigenvalue weighted by atomic mass is 10.5. The molecule has 0 heterocycles. The third-order valence-electron chi connectivity index (χ3n) is 2.50. The number of aliphatic hydroxyl groups excluding tert-OH is 1. The molecule has 12 nitrogen and oxygen atoms in total. The molecule has 0 fully saturated rings. The molecule has 0 radical (unpaired) electrons. The van der Waals surface area contributed by atoms with Gasteiger partial charge in [0.05, 0.1) is 32.7 Å². The van der Waals surface area contributed by atoms with Gasteiger partial charge in [0.15, 0.2) is 0 Å². The summed E-state index contributed by atoms with van der Waals surface area (Å²) in [5, 5.41) is 8.21. The maximum Gasteiger partial charge on any atom is 0.268 e. The summed E-state index contributed by atoms with van der Waals surface area (Å²) in [4.78, 5) is 35.3. The second kappa shape index (κ2) is 17.2. The van der Waals surface area contributed by atoms with Crippen LogP contribution in [-0.4, -0.2) is 88.9 Å². The number of phosphoric acid groups is 2. The standard InChI is InChI=1S/2C7H16NO5P/c2*1-8(2)4-7-13-14(10,11)12-6-3-5-9/h5H,3-4,6-7H2,1-2H3,(H,10,11);3,5,9H,4,6-7H2,1-2H3,(H,10,11)/p-2/b;5-3+. The molecule has 2 atom stereocenters. The molecule has 1 N–H and O–H groups in total. The molecule has 0 aliphatic heterocycles. The van der Waals surface area contributed by atoms with Gasteiger partial charge in [-0.15, -0.1) is 0 Å². The number of carbonyl (C=O) groups is 1. The molecule has 0 aromatic carbocycles. The first-order valence-corrected chi connectivity index (χ1v) is 11.1. The number of phosphoric ester groups is 2. The van der Waals surface area contributed by atoms with Crippen LogP contribution in [0.4, 0.5) is 0 Å². The molecule has 14 heteroatoms. The second-order valence-corrected chi connectivity index (χ2v) is 8.46. The molecule has 28 heavy (non-hydrogen) atoms. The molecule has 2 unspecified atom stereocenters. The van der Waals surface area contributed by atoms with Crippen LogP contribution in [0.25, 0.3) is 0 Å². The highest BCUT2D eigenvalue weighted by Gasteiger charge is 2.09. The van der Waals surface area contributed by atoms with Crippen molar-refractivity contribution in [3.63, 3.8) is 0 Å². The van der Waals surface area contributed by atoms with E-state index in [1.165, 1.54) is 0 Å². The maximum absolute atomic E-state index is 10.9. The Morgan fingerprint density at radius 3 is 1.68 bits per heavy atom. The first kappa shape index (κ1) is 29.6. The lowest BCUT2D eigenvalue weighted by Crippen LogP contribution is -2.19. The SMILES string of the molecule is CN(C)CCOP(=O)([O-])OC/C=C/O.CN(C)CCOP(=O)([O-])OCCC=O. The fourth-order valence-electron chi connectivity index (χ4n) is 1.13. The minimum absolute atomic E-state index is 0.0449. The minimum Gasteiger partial charge on any atom is -0.756 e. The Kier molecular flexibility index (Phi) is 18.2. The number of rotatable bonds is 15. The van der Waals surface area contributed by atoms with Crippen molar-refractivity contribution >= 4 is 21.9 Å². The molecule has 0 aliphatic carbocycles. The average molecular weight is 448 g/mol. The van der Waals surface area contributed by atoms with Crippen LogP contribution in [0.3, 0.4) is 0 Å². The van der Waals surface area contributed by atoms with Crippen molar-refractivity contribution in [1.82, 2.24) is 9.80 Å². The number of hydrogen-bond donors (Lipinski definition) is 1. The highest BCUT2D eigenvalue weighted by molar-refractivity contribution is 7.46. The predicted molar refractivity (Wildman–Crippen MR) is 98.6 cm³/mol. The number of hydrogen-bond acceptors (Lipinski definition) is 12. The Labute approximate surface area is 165 Å². The van der Waals surface area contributed by atoms with Crippen molar-refractivity contribution in [1.29, 1.82) is 0 Å². The number of aliphatic hydroxyl groups is 1. The molecule has 168 valence electrons. The maximum atomic E-state index is 10.9. The van der Waals surface area contributed by atoms with Gasteiger partial charge in [0.1, 0.15) is 6.29 Å². The Bertz CT molecular complexity index is 516. The quantitative estimate of drug-likeness (QED) is 0.152. The van der Waals surface area contributed by atoms with Gasteiger partial charge in [-0.05, 0) is 34.3 Å². The van der Waals surface area contributed by atoms with Crippen LogP contribution in [0.5, 0.6) is 0 Å². The zero-order valence-electron chi connectivity index (χ0n) is 16.6. The highest BCUT2D eigenvalue weighted by atomic mass is 31.2. The zero-order valence-corrected chi connectivity index (χ0v) is 18.4. The number of aldehydes is 1. The van der Waals surface area contributed by atoms with Crippen molar-refractivity contribution in [2.24, 2.45) is 0 Å². The monoisotopic (exact) mass is 448 g/mol. The van der Waals surface area contributed by atoms with Gasteiger partial charge in [0.2, 0.25) is 0 Å². The predicted octanol–water partition coefficient (Wildman–Crippen LogP) is -0.240. The van der Waals surface area contributed by atoms with Crippen molar-refractivity contribution in [2.75, 3.05) is 67.7 Å². The normalized spacial score (nSPS) is 15.9. The topological polar surface area (TPSA) is 161 Å². The smallest absolute Gasteiger partial charge is 0.268 e. The van der Waals surface area contributed by atoms with E-state index < -0.39 is 15.6 Å². The van der Waals surface area contributed by atoms with E-state index in [0.29, 0.717) is 25.6 Å². The van der Waals surface area contributed by atoms with E-state index in [9.17, 15) is 23.7 Å². The largest absolute Gasteiger partial charge is 0.756 e. The Morgan fingerprint density at radius 2 is 1.29 bits per heavy atom. The second-order valence-electron chi connectivity index (χ2n) is 5.64. The molecule has 0 saturated heterocycles. The van der Waals surface area contributed by atoms with Gasteiger partial charge in [0, 0.05) is 19.5 Å². The van der Waals surface area contributed by atoms with E-state index in [-0.39, 0.29) is 32.8 Å². The van der Waals surface area contributed by atoms with Crippen LogP contribution in [0.1, 0.15) is 6.42 Å². The van der Waals surface area contributed by atoms with Crippen molar-refractivity contribution < 1.29 is 46.9 Å². The van der Waals surface area contributed by atoms with Gasteiger partial charge in [-0.25, -0.2) is 0 Å². The first-order valence-electron chi connectivity index (χ1n) is 8.18. The average Bonchev–Trinajstić information content (AvgIpc) is 2.54. The summed E-state index contributed by atoms with van der Waals surface area (Å²) in [6.07, 6.45) is 2.49. The van der Waals surface area contributed by atoms with E-state index in [1.807, 2.05) is 0 Å². The van der Waals surface area contributed by atoms with E-state index in [0.717, 1.165) is 6.08 Å². The summed E-state index contributed by atoms with van der Waals surface area (Å²) >= 11 is 0. The molecule has 0 aromatic rings. The van der Waals surface area contributed by atoms with E-state index in [1.54, 1.807) is 38.0 Å². The summed E-state index contributed by atoms with van der Waals surface area (Å²) in [7, 11) is -1.24. The number of carbonyl (C=O) groups excluding carboxylic acids is 1. The van der Waals surface area contributed by atoms with Crippen LogP contribution < -0.4 is 9.79 Å². The van der Waals surface area contributed by atoms with Crippen LogP contribution in [-0.2, 0) is 32.0 Å². The summed E-state index contributed by atoms with van der Waals surface area (Å²) in [5.74, 6) is 0. The molecule has 0 amide bonds. The molecular weight excluding hydrogens is 418 g/mol. The fraction of sp³-hybridized carbons (Fsp3) is 0.786. The molecule has 0 bridgehead atoms. The fourth-order valence-corrected chi connectivity index (χ4v) is 2.49. The van der Waals surface area contributed by atoms with Gasteiger partial charge in [-0.1, -0.05) is 0 Å². The molecular formula is C14H30N2O10P2-2. The first-order chi connectivity index (χ1) is 13.0. The molecule has 0 spiro atoms. The van der Waals surface area contributed by atoms with Crippen LogP contribution in [0, 0.1) is 0 Å². The van der Waals surface area contributed by atoms with Gasteiger partial charge in [0.25, 0.3) is 15.6 Å². The van der Waals surface area contributed by atoms with Crippen molar-refractivity contribution in [2.45, 2.75) is 6.42 Å². The lowest BCUT2D eigenvalue weighted by molar-refractivity contribution is -0.226. The third kappa shape index (κ3) is 23.4. The molecule has 0 aliphatic rings. The Morgan fingerprint density at radius 1 is 0.857 bits per heavy atom. The van der Waals surface area contributed by atoms with Crippen molar-refractivity contribution in [3.8, 4) is 0 Å². The van der Waals surface area contributed by atoms with Crippen LogP contribution in [0.15, 0.2) is 12.3 Å². The summed E-state index contributed by atoms with van der Waals surface area (Å²) < 4.78 is 39.6. The lowest BCUT2D eigenvalue weighted by Gasteiger charge is -2.22. The van der Waals surface area contributed by atoms with E-state index >= 15 is 0 Å². The summed E-state index contributed by atoms with van der Waals surface area (Å²) in [6, 6.07) is 0. The minimum atomic E-state index is -4.22. The van der Waals surface area contributed by atoms with Gasteiger partial charge in [-0.3, -0.25) is 9.13 Å². The van der Waals surface area contributed by atoms with Gasteiger partial charge in [-0.2, -0.15) is 0 Å². The third-order valence-corrected chi connectivity index (χ3v) is 4.46. The molecule has 0 aromatic heterocycles. The highest BCUT2D eigenvalue weighted by Crippen LogP contribution is 2.38. The van der Waals surface area contributed by atoms with Crippen molar-refractivity contribution in [3.05, 3.63) is 12.3 Å². The number of likely N-dealkylation sites (N-methyl/N-ethyl adjacent to an activating group) is 2. The number of nitrogens with zero attached hydrogens (tertiary/aromatic N) is 2.